The minimum Gasteiger partial charge on any atom is -0.439 e. The van der Waals surface area contributed by atoms with Crippen LogP contribution in [0.2, 0.25) is 0 Å². The summed E-state index contributed by atoms with van der Waals surface area (Å²) in [5, 5.41) is 3.00. The second-order valence-electron chi connectivity index (χ2n) is 4.11. The van der Waals surface area contributed by atoms with Crippen molar-refractivity contribution in [3.05, 3.63) is 42.4 Å². The van der Waals surface area contributed by atoms with E-state index in [2.05, 4.69) is 22.2 Å². The smallest absolute Gasteiger partial charge is 0.216 e. The summed E-state index contributed by atoms with van der Waals surface area (Å²) < 4.78 is 5.62. The monoisotopic (exact) mass is 258 g/mol. The first-order valence-corrected chi connectivity index (χ1v) is 6.33. The van der Waals surface area contributed by atoms with Gasteiger partial charge in [0.15, 0.2) is 11.7 Å². The summed E-state index contributed by atoms with van der Waals surface area (Å²) in [7, 11) is 0. The summed E-state index contributed by atoms with van der Waals surface area (Å²) in [6, 6.07) is 9.84. The van der Waals surface area contributed by atoms with E-state index >= 15 is 0 Å². The van der Waals surface area contributed by atoms with E-state index in [1.165, 1.54) is 0 Å². The summed E-state index contributed by atoms with van der Waals surface area (Å²) in [5.74, 6) is 1.72. The van der Waals surface area contributed by atoms with Gasteiger partial charge in [-0.2, -0.15) is 0 Å². The normalized spacial score (nSPS) is 11.5. The van der Waals surface area contributed by atoms with Gasteiger partial charge >= 0.3 is 0 Å². The Bertz CT molecular complexity index is 533. The van der Waals surface area contributed by atoms with Crippen LogP contribution in [0.25, 0.3) is 11.3 Å². The van der Waals surface area contributed by atoms with Gasteiger partial charge in [-0.15, -0.1) is 0 Å². The average Bonchev–Trinajstić information content (AvgIpc) is 2.93. The molecule has 0 radical (unpaired) electrons. The summed E-state index contributed by atoms with van der Waals surface area (Å²) in [6.07, 6.45) is 2.71. The maximum absolute atomic E-state index is 5.69. The molecule has 3 N–H and O–H groups in total. The van der Waals surface area contributed by atoms with E-state index in [1.807, 2.05) is 30.3 Å². The average molecular weight is 258 g/mol. The van der Waals surface area contributed by atoms with Crippen molar-refractivity contribution in [2.24, 2.45) is 10.7 Å². The van der Waals surface area contributed by atoms with Gasteiger partial charge in [-0.3, -0.25) is 0 Å². The maximum Gasteiger partial charge on any atom is 0.216 e. The van der Waals surface area contributed by atoms with Gasteiger partial charge in [-0.1, -0.05) is 37.3 Å². The van der Waals surface area contributed by atoms with Crippen LogP contribution in [0.3, 0.4) is 0 Å². The Labute approximate surface area is 112 Å². The Kier molecular flexibility index (Phi) is 4.55. The van der Waals surface area contributed by atoms with Crippen molar-refractivity contribution in [3.8, 4) is 11.3 Å². The molecule has 1 heterocycles. The van der Waals surface area contributed by atoms with Gasteiger partial charge in [0.1, 0.15) is 6.54 Å². The summed E-state index contributed by atoms with van der Waals surface area (Å²) >= 11 is 0. The number of oxazole rings is 1. The summed E-state index contributed by atoms with van der Waals surface area (Å²) in [4.78, 5) is 8.35. The Morgan fingerprint density at radius 1 is 1.37 bits per heavy atom. The number of aromatic nitrogens is 1. The van der Waals surface area contributed by atoms with Gasteiger partial charge in [-0.05, 0) is 6.42 Å². The quantitative estimate of drug-likeness (QED) is 0.636. The van der Waals surface area contributed by atoms with Crippen LogP contribution >= 0.6 is 0 Å². The predicted octanol–water partition coefficient (Wildman–Crippen LogP) is 2.16. The minimum absolute atomic E-state index is 0.343. The van der Waals surface area contributed by atoms with Crippen molar-refractivity contribution in [1.29, 1.82) is 0 Å². The number of nitrogens with two attached hydrogens (primary N) is 1. The highest BCUT2D eigenvalue weighted by atomic mass is 16.4. The van der Waals surface area contributed by atoms with Crippen molar-refractivity contribution in [2.45, 2.75) is 19.9 Å². The molecule has 0 fully saturated rings. The molecule has 0 saturated carbocycles. The molecule has 0 unspecified atom stereocenters. The number of hydrogen-bond donors (Lipinski definition) is 2. The van der Waals surface area contributed by atoms with Crippen molar-refractivity contribution >= 4 is 5.96 Å². The zero-order valence-corrected chi connectivity index (χ0v) is 11.0. The van der Waals surface area contributed by atoms with Crippen molar-refractivity contribution < 1.29 is 4.42 Å². The van der Waals surface area contributed by atoms with E-state index in [4.69, 9.17) is 10.2 Å². The second kappa shape index (κ2) is 6.58. The number of guanidine groups is 1. The van der Waals surface area contributed by atoms with Crippen LogP contribution in [-0.2, 0) is 6.54 Å². The van der Waals surface area contributed by atoms with Crippen LogP contribution < -0.4 is 11.1 Å². The molecular formula is C14H18N4O. The Hall–Kier alpha value is -2.30. The molecule has 2 aromatic rings. The number of aliphatic imine (C=N–C) groups is 1. The molecule has 0 aliphatic heterocycles. The SMILES string of the molecule is CCCNC(N)=NCc1ncc(-c2ccccc2)o1. The van der Waals surface area contributed by atoms with E-state index in [-0.39, 0.29) is 0 Å². The van der Waals surface area contributed by atoms with E-state index in [0.717, 1.165) is 24.3 Å². The first-order chi connectivity index (χ1) is 9.29. The topological polar surface area (TPSA) is 76.4 Å². The fourth-order valence-corrected chi connectivity index (χ4v) is 1.58. The lowest BCUT2D eigenvalue weighted by molar-refractivity contribution is 0.509. The van der Waals surface area contributed by atoms with Gasteiger partial charge in [0, 0.05) is 12.1 Å². The van der Waals surface area contributed by atoms with Gasteiger partial charge in [0.25, 0.3) is 0 Å². The van der Waals surface area contributed by atoms with Crippen LogP contribution in [0.4, 0.5) is 0 Å². The Morgan fingerprint density at radius 2 is 2.16 bits per heavy atom. The highest BCUT2D eigenvalue weighted by Gasteiger charge is 2.05. The molecule has 0 aliphatic rings. The highest BCUT2D eigenvalue weighted by molar-refractivity contribution is 5.77. The molecule has 0 aliphatic carbocycles. The zero-order chi connectivity index (χ0) is 13.5. The lowest BCUT2D eigenvalue weighted by Crippen LogP contribution is -2.32. The predicted molar refractivity (Wildman–Crippen MR) is 75.6 cm³/mol. The molecule has 0 spiro atoms. The Morgan fingerprint density at radius 3 is 2.89 bits per heavy atom. The summed E-state index contributed by atoms with van der Waals surface area (Å²) in [6.45, 7) is 3.23. The number of nitrogens with zero attached hydrogens (tertiary/aromatic N) is 2. The molecule has 1 aromatic carbocycles. The molecule has 19 heavy (non-hydrogen) atoms. The van der Waals surface area contributed by atoms with Crippen molar-refractivity contribution in [3.63, 3.8) is 0 Å². The van der Waals surface area contributed by atoms with Crippen LogP contribution in [-0.4, -0.2) is 17.5 Å². The van der Waals surface area contributed by atoms with E-state index in [1.54, 1.807) is 6.20 Å². The lowest BCUT2D eigenvalue weighted by atomic mass is 10.2. The first kappa shape index (κ1) is 13.1. The Balaban J connectivity index is 1.98. The largest absolute Gasteiger partial charge is 0.439 e. The van der Waals surface area contributed by atoms with E-state index in [9.17, 15) is 0 Å². The highest BCUT2D eigenvalue weighted by Crippen LogP contribution is 2.19. The molecule has 0 saturated heterocycles. The fourth-order valence-electron chi connectivity index (χ4n) is 1.58. The fraction of sp³-hybridized carbons (Fsp3) is 0.286. The maximum atomic E-state index is 5.69. The molecule has 1 aromatic heterocycles. The van der Waals surface area contributed by atoms with Gasteiger partial charge in [0.2, 0.25) is 5.89 Å². The second-order valence-corrected chi connectivity index (χ2v) is 4.11. The van der Waals surface area contributed by atoms with E-state index < -0.39 is 0 Å². The number of rotatable bonds is 5. The molecule has 2 rings (SSSR count). The van der Waals surface area contributed by atoms with Crippen LogP contribution in [0.1, 0.15) is 19.2 Å². The first-order valence-electron chi connectivity index (χ1n) is 6.33. The lowest BCUT2D eigenvalue weighted by Gasteiger charge is -2.01. The number of benzene rings is 1. The third-order valence-corrected chi connectivity index (χ3v) is 2.55. The minimum atomic E-state index is 0.343. The third kappa shape index (κ3) is 3.84. The van der Waals surface area contributed by atoms with Crippen LogP contribution in [0.15, 0.2) is 45.9 Å². The third-order valence-electron chi connectivity index (χ3n) is 2.55. The zero-order valence-electron chi connectivity index (χ0n) is 11.0. The van der Waals surface area contributed by atoms with Crippen LogP contribution in [0.5, 0.6) is 0 Å². The molecule has 0 bridgehead atoms. The summed E-state index contributed by atoms with van der Waals surface area (Å²) in [5.41, 5.74) is 6.70. The van der Waals surface area contributed by atoms with Gasteiger partial charge in [-0.25, -0.2) is 9.98 Å². The molecule has 0 atom stereocenters. The van der Waals surface area contributed by atoms with Gasteiger partial charge < -0.3 is 15.5 Å². The molecule has 100 valence electrons. The molecule has 5 heteroatoms. The molecular weight excluding hydrogens is 240 g/mol. The standard InChI is InChI=1S/C14H18N4O/c1-2-8-16-14(15)18-10-13-17-9-12(19-13)11-6-4-3-5-7-11/h3-7,9H,2,8,10H2,1H3,(H3,15,16,18). The van der Waals surface area contributed by atoms with Crippen molar-refractivity contribution in [2.75, 3.05) is 6.54 Å². The van der Waals surface area contributed by atoms with Gasteiger partial charge in [0.05, 0.1) is 6.20 Å². The number of nitrogens with one attached hydrogen (secondary N) is 1. The molecule has 0 amide bonds. The van der Waals surface area contributed by atoms with Crippen molar-refractivity contribution in [1.82, 2.24) is 10.3 Å². The van der Waals surface area contributed by atoms with Crippen LogP contribution in [0, 0.1) is 0 Å². The van der Waals surface area contributed by atoms with E-state index in [0.29, 0.717) is 18.4 Å². The molecule has 5 nitrogen and oxygen atoms in total. The number of hydrogen-bond acceptors (Lipinski definition) is 3.